The molecule has 2 rings (SSSR count). The van der Waals surface area contributed by atoms with E-state index in [-0.39, 0.29) is 23.2 Å². The molecule has 0 spiro atoms. The lowest BCUT2D eigenvalue weighted by Gasteiger charge is -2.10. The number of anilines is 1. The van der Waals surface area contributed by atoms with Gasteiger partial charge in [0.25, 0.3) is 5.69 Å². The van der Waals surface area contributed by atoms with Gasteiger partial charge in [-0.2, -0.15) is 0 Å². The van der Waals surface area contributed by atoms with Crippen LogP contribution in [0.1, 0.15) is 12.8 Å². The summed E-state index contributed by atoms with van der Waals surface area (Å²) < 4.78 is 17.9. The second kappa shape index (κ2) is 9.03. The number of hydrogen-bond acceptors (Lipinski definition) is 5. The van der Waals surface area contributed by atoms with Crippen LogP contribution in [0.4, 0.5) is 15.8 Å². The van der Waals surface area contributed by atoms with Gasteiger partial charge < -0.3 is 10.1 Å². The van der Waals surface area contributed by atoms with Crippen molar-refractivity contribution in [2.24, 2.45) is 0 Å². The maximum Gasteiger partial charge on any atom is 0.273 e. The smallest absolute Gasteiger partial charge is 0.273 e. The van der Waals surface area contributed by atoms with E-state index in [1.165, 1.54) is 37.4 Å². The zero-order chi connectivity index (χ0) is 18.2. The van der Waals surface area contributed by atoms with Crippen molar-refractivity contribution in [3.05, 3.63) is 58.4 Å². The van der Waals surface area contributed by atoms with Crippen molar-refractivity contribution in [1.29, 1.82) is 0 Å². The minimum absolute atomic E-state index is 0.106. The standard InChI is InChI=1S/C17H17FN2O4S/c1-24-16-11-13(20(22)23)6-9-15(16)19-17(21)3-2-10-25-14-7-4-12(18)5-8-14/h4-9,11H,2-3,10H2,1H3,(H,19,21). The predicted octanol–water partition coefficient (Wildman–Crippen LogP) is 4.25. The molecular formula is C17H17FN2O4S. The van der Waals surface area contributed by atoms with E-state index in [0.29, 0.717) is 18.5 Å². The van der Waals surface area contributed by atoms with Crippen LogP contribution in [0.15, 0.2) is 47.4 Å². The molecule has 0 aliphatic carbocycles. The van der Waals surface area contributed by atoms with Crippen LogP contribution < -0.4 is 10.1 Å². The summed E-state index contributed by atoms with van der Waals surface area (Å²) in [7, 11) is 1.38. The summed E-state index contributed by atoms with van der Waals surface area (Å²) in [6, 6.07) is 10.2. The maximum absolute atomic E-state index is 12.8. The van der Waals surface area contributed by atoms with Crippen LogP contribution in [-0.4, -0.2) is 23.7 Å². The van der Waals surface area contributed by atoms with Crippen LogP contribution in [0.5, 0.6) is 5.75 Å². The SMILES string of the molecule is COc1cc([N+](=O)[O-])ccc1NC(=O)CCCSc1ccc(F)cc1. The zero-order valence-electron chi connectivity index (χ0n) is 13.5. The number of carbonyl (C=O) groups is 1. The van der Waals surface area contributed by atoms with E-state index in [9.17, 15) is 19.3 Å². The van der Waals surface area contributed by atoms with Crippen LogP contribution in [0, 0.1) is 15.9 Å². The van der Waals surface area contributed by atoms with Gasteiger partial charge >= 0.3 is 0 Å². The van der Waals surface area contributed by atoms with Crippen LogP contribution >= 0.6 is 11.8 Å². The zero-order valence-corrected chi connectivity index (χ0v) is 14.3. The highest BCUT2D eigenvalue weighted by Gasteiger charge is 2.13. The molecule has 132 valence electrons. The van der Waals surface area contributed by atoms with Gasteiger partial charge in [-0.25, -0.2) is 4.39 Å². The van der Waals surface area contributed by atoms with Gasteiger partial charge in [-0.15, -0.1) is 11.8 Å². The van der Waals surface area contributed by atoms with Crippen molar-refractivity contribution in [2.75, 3.05) is 18.2 Å². The Hall–Kier alpha value is -2.61. The van der Waals surface area contributed by atoms with Crippen molar-refractivity contribution in [1.82, 2.24) is 0 Å². The molecule has 0 fully saturated rings. The molecule has 0 atom stereocenters. The number of hydrogen-bond donors (Lipinski definition) is 1. The van der Waals surface area contributed by atoms with Crippen molar-refractivity contribution in [2.45, 2.75) is 17.7 Å². The summed E-state index contributed by atoms with van der Waals surface area (Å²) in [5, 5.41) is 13.4. The lowest BCUT2D eigenvalue weighted by atomic mass is 10.2. The number of methoxy groups -OCH3 is 1. The van der Waals surface area contributed by atoms with Gasteiger partial charge in [-0.05, 0) is 42.5 Å². The number of thioether (sulfide) groups is 1. The molecule has 1 amide bonds. The fourth-order valence-electron chi connectivity index (χ4n) is 2.06. The number of carbonyl (C=O) groups excluding carboxylic acids is 1. The maximum atomic E-state index is 12.8. The van der Waals surface area contributed by atoms with E-state index in [1.807, 2.05) is 0 Å². The van der Waals surface area contributed by atoms with Crippen molar-refractivity contribution >= 4 is 29.0 Å². The number of rotatable bonds is 8. The first-order chi connectivity index (χ1) is 12.0. The highest BCUT2D eigenvalue weighted by molar-refractivity contribution is 7.99. The molecule has 0 heterocycles. The van der Waals surface area contributed by atoms with Crippen LogP contribution in [0.25, 0.3) is 0 Å². The number of nitro groups is 1. The number of non-ortho nitro benzene ring substituents is 1. The molecule has 0 aliphatic rings. The molecule has 0 aliphatic heterocycles. The molecule has 0 bridgehead atoms. The number of nitrogens with zero attached hydrogens (tertiary/aromatic N) is 1. The minimum Gasteiger partial charge on any atom is -0.494 e. The molecule has 0 saturated carbocycles. The second-order valence-corrected chi connectivity index (χ2v) is 6.26. The van der Waals surface area contributed by atoms with E-state index in [0.717, 1.165) is 10.6 Å². The van der Waals surface area contributed by atoms with Crippen molar-refractivity contribution in [3.8, 4) is 5.75 Å². The molecule has 2 aromatic rings. The van der Waals surface area contributed by atoms with Gasteiger partial charge in [-0.3, -0.25) is 14.9 Å². The number of nitrogens with one attached hydrogen (secondary N) is 1. The molecule has 0 radical (unpaired) electrons. The van der Waals surface area contributed by atoms with Crippen LogP contribution in [0.3, 0.4) is 0 Å². The third kappa shape index (κ3) is 5.75. The molecule has 6 nitrogen and oxygen atoms in total. The average molecular weight is 364 g/mol. The molecule has 2 aromatic carbocycles. The summed E-state index contributed by atoms with van der Waals surface area (Å²) in [5.41, 5.74) is 0.287. The Morgan fingerprint density at radius 2 is 2.00 bits per heavy atom. The summed E-state index contributed by atoms with van der Waals surface area (Å²) in [4.78, 5) is 23.2. The second-order valence-electron chi connectivity index (χ2n) is 5.10. The first-order valence-corrected chi connectivity index (χ1v) is 8.49. The van der Waals surface area contributed by atoms with Crippen molar-refractivity contribution in [3.63, 3.8) is 0 Å². The van der Waals surface area contributed by atoms with E-state index < -0.39 is 4.92 Å². The Labute approximate surface area is 148 Å². The van der Waals surface area contributed by atoms with E-state index >= 15 is 0 Å². The highest BCUT2D eigenvalue weighted by Crippen LogP contribution is 2.29. The molecule has 0 saturated heterocycles. The number of halogens is 1. The Morgan fingerprint density at radius 1 is 1.28 bits per heavy atom. The highest BCUT2D eigenvalue weighted by atomic mass is 32.2. The van der Waals surface area contributed by atoms with E-state index in [4.69, 9.17) is 4.74 Å². The van der Waals surface area contributed by atoms with Gasteiger partial charge in [0.2, 0.25) is 5.91 Å². The summed E-state index contributed by atoms with van der Waals surface area (Å²) in [5.74, 6) is 0.479. The van der Waals surface area contributed by atoms with Crippen molar-refractivity contribution < 1.29 is 18.8 Å². The van der Waals surface area contributed by atoms with Gasteiger partial charge in [0.05, 0.1) is 23.8 Å². The molecular weight excluding hydrogens is 347 g/mol. The third-order valence-electron chi connectivity index (χ3n) is 3.30. The Balaban J connectivity index is 1.81. The first-order valence-electron chi connectivity index (χ1n) is 7.50. The van der Waals surface area contributed by atoms with Crippen LogP contribution in [0.2, 0.25) is 0 Å². The number of nitro benzene ring substituents is 1. The largest absolute Gasteiger partial charge is 0.494 e. The van der Waals surface area contributed by atoms with Gasteiger partial charge in [0.15, 0.2) is 0 Å². The Morgan fingerprint density at radius 3 is 2.64 bits per heavy atom. The number of ether oxygens (including phenoxy) is 1. The lowest BCUT2D eigenvalue weighted by Crippen LogP contribution is -2.12. The van der Waals surface area contributed by atoms with E-state index in [1.54, 1.807) is 23.9 Å². The molecule has 8 heteroatoms. The van der Waals surface area contributed by atoms with E-state index in [2.05, 4.69) is 5.32 Å². The summed E-state index contributed by atoms with van der Waals surface area (Å²) in [6.07, 6.45) is 0.942. The van der Waals surface area contributed by atoms with Gasteiger partial charge in [-0.1, -0.05) is 0 Å². The molecule has 25 heavy (non-hydrogen) atoms. The summed E-state index contributed by atoms with van der Waals surface area (Å²) >= 11 is 1.54. The topological polar surface area (TPSA) is 81.5 Å². The normalized spacial score (nSPS) is 10.3. The predicted molar refractivity (Wildman–Crippen MR) is 94.6 cm³/mol. The Kier molecular flexibility index (Phi) is 6.76. The molecule has 1 N–H and O–H groups in total. The first kappa shape index (κ1) is 18.7. The summed E-state index contributed by atoms with van der Waals surface area (Å²) in [6.45, 7) is 0. The van der Waals surface area contributed by atoms with Gasteiger partial charge in [0.1, 0.15) is 11.6 Å². The molecule has 0 aromatic heterocycles. The number of benzene rings is 2. The van der Waals surface area contributed by atoms with Gasteiger partial charge in [0, 0.05) is 17.4 Å². The quantitative estimate of drug-likeness (QED) is 0.328. The average Bonchev–Trinajstić information content (AvgIpc) is 2.60. The monoisotopic (exact) mass is 364 g/mol. The number of amides is 1. The molecule has 0 unspecified atom stereocenters. The third-order valence-corrected chi connectivity index (χ3v) is 4.40. The fraction of sp³-hybridized carbons (Fsp3) is 0.235. The van der Waals surface area contributed by atoms with Crippen LogP contribution in [-0.2, 0) is 4.79 Å². The fourth-order valence-corrected chi connectivity index (χ4v) is 2.92. The Bertz CT molecular complexity index is 753. The lowest BCUT2D eigenvalue weighted by molar-refractivity contribution is -0.384. The minimum atomic E-state index is -0.527.